The second-order valence-corrected chi connectivity index (χ2v) is 4.72. The number of benzene rings is 1. The van der Waals surface area contributed by atoms with Crippen LogP contribution in [0.15, 0.2) is 36.5 Å². The molecule has 0 fully saturated rings. The molecule has 0 aliphatic heterocycles. The number of nitro benzene ring substituents is 1. The maximum absolute atomic E-state index is 12.1. The van der Waals surface area contributed by atoms with E-state index in [0.717, 1.165) is 11.3 Å². The van der Waals surface area contributed by atoms with E-state index < -0.39 is 10.8 Å². The Morgan fingerprint density at radius 3 is 2.81 bits per heavy atom. The van der Waals surface area contributed by atoms with E-state index in [0.29, 0.717) is 0 Å². The van der Waals surface area contributed by atoms with Gasteiger partial charge in [0.25, 0.3) is 11.6 Å². The second-order valence-electron chi connectivity index (χ2n) is 4.35. The van der Waals surface area contributed by atoms with E-state index in [1.807, 2.05) is 13.0 Å². The van der Waals surface area contributed by atoms with Gasteiger partial charge in [0.2, 0.25) is 0 Å². The third-order valence-corrected chi connectivity index (χ3v) is 3.35. The Bertz CT molecular complexity index is 704. The van der Waals surface area contributed by atoms with E-state index in [1.54, 1.807) is 12.3 Å². The Balaban J connectivity index is 2.16. The molecule has 6 nitrogen and oxygen atoms in total. The number of amides is 1. The maximum atomic E-state index is 12.1. The van der Waals surface area contributed by atoms with Crippen molar-refractivity contribution < 1.29 is 9.72 Å². The summed E-state index contributed by atoms with van der Waals surface area (Å²) in [6, 6.07) is 7.80. The molecule has 7 heteroatoms. The van der Waals surface area contributed by atoms with Crippen LogP contribution < -0.4 is 5.32 Å². The van der Waals surface area contributed by atoms with Gasteiger partial charge in [0.05, 0.1) is 22.7 Å². The Labute approximate surface area is 125 Å². The van der Waals surface area contributed by atoms with Crippen molar-refractivity contribution in [1.82, 2.24) is 10.3 Å². The molecule has 0 saturated heterocycles. The number of aromatic nitrogens is 1. The van der Waals surface area contributed by atoms with Crippen molar-refractivity contribution in [3.8, 4) is 0 Å². The van der Waals surface area contributed by atoms with Gasteiger partial charge >= 0.3 is 0 Å². The third-order valence-electron chi connectivity index (χ3n) is 2.95. The number of carbonyl (C=O) groups excluding carboxylic acids is 1. The first-order valence-corrected chi connectivity index (χ1v) is 6.50. The quantitative estimate of drug-likeness (QED) is 0.695. The highest BCUT2D eigenvalue weighted by Gasteiger charge is 2.19. The summed E-state index contributed by atoms with van der Waals surface area (Å²) in [7, 11) is 0. The maximum Gasteiger partial charge on any atom is 0.288 e. The van der Waals surface area contributed by atoms with E-state index in [4.69, 9.17) is 11.6 Å². The van der Waals surface area contributed by atoms with Crippen molar-refractivity contribution >= 4 is 23.2 Å². The molecule has 1 heterocycles. The molecule has 108 valence electrons. The molecule has 2 aromatic rings. The molecule has 0 aliphatic carbocycles. The molecular formula is C14H12ClN3O3. The van der Waals surface area contributed by atoms with Crippen LogP contribution in [0.2, 0.25) is 5.02 Å². The summed E-state index contributed by atoms with van der Waals surface area (Å²) >= 11 is 5.89. The summed E-state index contributed by atoms with van der Waals surface area (Å²) in [6.45, 7) is 2.11. The SMILES string of the molecule is Cc1cccnc1CNC(=O)c1cccc([N+](=O)[O-])c1Cl. The highest BCUT2D eigenvalue weighted by molar-refractivity contribution is 6.35. The fourth-order valence-electron chi connectivity index (χ4n) is 1.80. The standard InChI is InChI=1S/C14H12ClN3O3/c1-9-4-3-7-16-11(9)8-17-14(19)10-5-2-6-12(13(10)15)18(20)21/h2-7H,8H2,1H3,(H,17,19). The summed E-state index contributed by atoms with van der Waals surface area (Å²) in [5.41, 5.74) is 1.45. The second kappa shape index (κ2) is 6.32. The van der Waals surface area contributed by atoms with Gasteiger partial charge in [-0.15, -0.1) is 0 Å². The topological polar surface area (TPSA) is 85.1 Å². The van der Waals surface area contributed by atoms with Gasteiger partial charge in [0, 0.05) is 12.3 Å². The van der Waals surface area contributed by atoms with Gasteiger partial charge in [-0.05, 0) is 24.6 Å². The molecule has 21 heavy (non-hydrogen) atoms. The van der Waals surface area contributed by atoms with Crippen LogP contribution in [-0.2, 0) is 6.54 Å². The van der Waals surface area contributed by atoms with E-state index in [2.05, 4.69) is 10.3 Å². The smallest absolute Gasteiger partial charge is 0.288 e. The minimum absolute atomic E-state index is 0.0689. The van der Waals surface area contributed by atoms with Crippen molar-refractivity contribution in [1.29, 1.82) is 0 Å². The van der Waals surface area contributed by atoms with Crippen LogP contribution >= 0.6 is 11.6 Å². The number of pyridine rings is 1. The van der Waals surface area contributed by atoms with Crippen molar-refractivity contribution in [2.75, 3.05) is 0 Å². The number of halogens is 1. The van der Waals surface area contributed by atoms with Gasteiger partial charge in [-0.2, -0.15) is 0 Å². The van der Waals surface area contributed by atoms with Gasteiger partial charge in [0.15, 0.2) is 0 Å². The van der Waals surface area contributed by atoms with Crippen LogP contribution in [0.4, 0.5) is 5.69 Å². The Morgan fingerprint density at radius 2 is 2.14 bits per heavy atom. The number of hydrogen-bond donors (Lipinski definition) is 1. The summed E-state index contributed by atoms with van der Waals surface area (Å²) in [4.78, 5) is 26.4. The van der Waals surface area contributed by atoms with Gasteiger partial charge in [-0.3, -0.25) is 19.9 Å². The van der Waals surface area contributed by atoms with Crippen LogP contribution in [0.25, 0.3) is 0 Å². The number of nitrogens with one attached hydrogen (secondary N) is 1. The summed E-state index contributed by atoms with van der Waals surface area (Å²) < 4.78 is 0. The molecule has 0 atom stereocenters. The van der Waals surface area contributed by atoms with Crippen LogP contribution in [-0.4, -0.2) is 15.8 Å². The number of hydrogen-bond acceptors (Lipinski definition) is 4. The summed E-state index contributed by atoms with van der Waals surface area (Å²) in [5, 5.41) is 13.3. The predicted octanol–water partition coefficient (Wildman–Crippen LogP) is 2.88. The average Bonchev–Trinajstić information content (AvgIpc) is 2.46. The molecule has 0 saturated carbocycles. The number of nitrogens with zero attached hydrogens (tertiary/aromatic N) is 2. The molecular weight excluding hydrogens is 294 g/mol. The van der Waals surface area contributed by atoms with Crippen molar-refractivity contribution in [2.45, 2.75) is 13.5 Å². The first-order valence-electron chi connectivity index (χ1n) is 6.12. The molecule has 1 aromatic carbocycles. The predicted molar refractivity (Wildman–Crippen MR) is 78.3 cm³/mol. The van der Waals surface area contributed by atoms with Crippen LogP contribution in [0, 0.1) is 17.0 Å². The fraction of sp³-hybridized carbons (Fsp3) is 0.143. The van der Waals surface area contributed by atoms with Crippen molar-refractivity contribution in [3.63, 3.8) is 0 Å². The zero-order chi connectivity index (χ0) is 15.4. The van der Waals surface area contributed by atoms with E-state index >= 15 is 0 Å². The minimum atomic E-state index is -0.623. The lowest BCUT2D eigenvalue weighted by Crippen LogP contribution is -2.24. The lowest BCUT2D eigenvalue weighted by Gasteiger charge is -2.08. The molecule has 1 N–H and O–H groups in total. The highest BCUT2D eigenvalue weighted by Crippen LogP contribution is 2.27. The molecule has 1 amide bonds. The zero-order valence-electron chi connectivity index (χ0n) is 11.2. The monoisotopic (exact) mass is 305 g/mol. The third kappa shape index (κ3) is 3.35. The lowest BCUT2D eigenvalue weighted by molar-refractivity contribution is -0.384. The fourth-order valence-corrected chi connectivity index (χ4v) is 2.08. The van der Waals surface area contributed by atoms with Crippen molar-refractivity contribution in [2.24, 2.45) is 0 Å². The van der Waals surface area contributed by atoms with Gasteiger partial charge in [-0.1, -0.05) is 23.7 Å². The first kappa shape index (κ1) is 14.9. The van der Waals surface area contributed by atoms with Crippen LogP contribution in [0.1, 0.15) is 21.6 Å². The lowest BCUT2D eigenvalue weighted by atomic mass is 10.1. The molecule has 1 aromatic heterocycles. The van der Waals surface area contributed by atoms with Crippen LogP contribution in [0.3, 0.4) is 0 Å². The molecule has 0 radical (unpaired) electrons. The van der Waals surface area contributed by atoms with Gasteiger partial charge in [0.1, 0.15) is 5.02 Å². The Morgan fingerprint density at radius 1 is 1.38 bits per heavy atom. The summed E-state index contributed by atoms with van der Waals surface area (Å²) in [5.74, 6) is -0.478. The van der Waals surface area contributed by atoms with E-state index in [1.165, 1.54) is 18.2 Å². The summed E-state index contributed by atoms with van der Waals surface area (Å²) in [6.07, 6.45) is 1.63. The van der Waals surface area contributed by atoms with Crippen LogP contribution in [0.5, 0.6) is 0 Å². The largest absolute Gasteiger partial charge is 0.346 e. The minimum Gasteiger partial charge on any atom is -0.346 e. The molecule has 2 rings (SSSR count). The number of carbonyl (C=O) groups is 1. The zero-order valence-corrected chi connectivity index (χ0v) is 11.9. The number of rotatable bonds is 4. The first-order chi connectivity index (χ1) is 10.0. The van der Waals surface area contributed by atoms with E-state index in [-0.39, 0.29) is 22.8 Å². The molecule has 0 bridgehead atoms. The van der Waals surface area contributed by atoms with Gasteiger partial charge in [-0.25, -0.2) is 0 Å². The molecule has 0 aliphatic rings. The van der Waals surface area contributed by atoms with Crippen molar-refractivity contribution in [3.05, 3.63) is 68.5 Å². The van der Waals surface area contributed by atoms with E-state index in [9.17, 15) is 14.9 Å². The molecule has 0 spiro atoms. The molecule has 0 unspecified atom stereocenters. The highest BCUT2D eigenvalue weighted by atomic mass is 35.5. The average molecular weight is 306 g/mol. The Hall–Kier alpha value is -2.47. The van der Waals surface area contributed by atoms with Gasteiger partial charge < -0.3 is 5.32 Å². The normalized spacial score (nSPS) is 10.2. The number of aryl methyl sites for hydroxylation is 1. The Kier molecular flexibility index (Phi) is 4.49. The number of nitro groups is 1.